The summed E-state index contributed by atoms with van der Waals surface area (Å²) >= 11 is 0. The summed E-state index contributed by atoms with van der Waals surface area (Å²) in [5, 5.41) is 19.2. The van der Waals surface area contributed by atoms with E-state index in [1.165, 1.54) is 12.1 Å². The monoisotopic (exact) mass is 393 g/mol. The Morgan fingerprint density at radius 1 is 1.00 bits per heavy atom. The Bertz CT molecular complexity index is 980. The number of carbonyl (C=O) groups is 1. The standard InChI is InChI=1S/C19H19N7O3/c27-19(13-15-1-3-16(4-2-15)26(28)29)24-11-9-23(10-12-24)17-5-6-18(22-21-17)25-8-7-20-14-25/h1-8,14H,9-13H2. The molecular weight excluding hydrogens is 374 g/mol. The Morgan fingerprint density at radius 2 is 1.69 bits per heavy atom. The number of nitro benzene ring substituents is 1. The number of benzene rings is 1. The molecule has 1 aromatic carbocycles. The van der Waals surface area contributed by atoms with Crippen LogP contribution in [0.1, 0.15) is 5.56 Å². The van der Waals surface area contributed by atoms with Crippen molar-refractivity contribution in [1.29, 1.82) is 0 Å². The van der Waals surface area contributed by atoms with Gasteiger partial charge in [0.2, 0.25) is 5.91 Å². The van der Waals surface area contributed by atoms with Gasteiger partial charge in [-0.1, -0.05) is 12.1 Å². The van der Waals surface area contributed by atoms with Crippen LogP contribution in [0.3, 0.4) is 0 Å². The molecule has 0 saturated carbocycles. The number of rotatable bonds is 5. The van der Waals surface area contributed by atoms with E-state index in [2.05, 4.69) is 20.1 Å². The third-order valence-corrected chi connectivity index (χ3v) is 4.86. The first-order valence-electron chi connectivity index (χ1n) is 9.18. The first-order chi connectivity index (χ1) is 14.1. The summed E-state index contributed by atoms with van der Waals surface area (Å²) < 4.78 is 1.78. The molecule has 1 aliphatic rings. The van der Waals surface area contributed by atoms with Gasteiger partial charge in [-0.25, -0.2) is 4.98 Å². The van der Waals surface area contributed by atoms with Gasteiger partial charge in [-0.2, -0.15) is 0 Å². The zero-order valence-electron chi connectivity index (χ0n) is 15.6. The van der Waals surface area contributed by atoms with E-state index in [0.29, 0.717) is 32.0 Å². The SMILES string of the molecule is O=C(Cc1ccc([N+](=O)[O-])cc1)N1CCN(c2ccc(-n3ccnc3)nn2)CC1. The number of aromatic nitrogens is 4. The minimum Gasteiger partial charge on any atom is -0.352 e. The topological polar surface area (TPSA) is 110 Å². The molecule has 0 aliphatic carbocycles. The molecule has 1 aliphatic heterocycles. The average molecular weight is 393 g/mol. The quantitative estimate of drug-likeness (QED) is 0.477. The summed E-state index contributed by atoms with van der Waals surface area (Å²) in [7, 11) is 0. The molecule has 4 rings (SSSR count). The number of anilines is 1. The number of nitrogens with zero attached hydrogens (tertiary/aromatic N) is 7. The number of piperazine rings is 1. The lowest BCUT2D eigenvalue weighted by molar-refractivity contribution is -0.384. The molecule has 29 heavy (non-hydrogen) atoms. The molecule has 0 radical (unpaired) electrons. The summed E-state index contributed by atoms with van der Waals surface area (Å²) in [6, 6.07) is 9.90. The van der Waals surface area contributed by atoms with Crippen LogP contribution in [0.4, 0.5) is 11.5 Å². The zero-order valence-corrected chi connectivity index (χ0v) is 15.6. The third kappa shape index (κ3) is 4.21. The van der Waals surface area contributed by atoms with Gasteiger partial charge in [0.15, 0.2) is 11.6 Å². The molecule has 1 fully saturated rings. The molecule has 0 N–H and O–H groups in total. The summed E-state index contributed by atoms with van der Waals surface area (Å²) in [6.07, 6.45) is 5.39. The normalized spacial score (nSPS) is 14.1. The van der Waals surface area contributed by atoms with Crippen LogP contribution in [0.15, 0.2) is 55.1 Å². The number of hydrogen-bond acceptors (Lipinski definition) is 7. The largest absolute Gasteiger partial charge is 0.352 e. The molecule has 3 aromatic rings. The van der Waals surface area contributed by atoms with Gasteiger partial charge in [0.05, 0.1) is 11.3 Å². The van der Waals surface area contributed by atoms with Crippen LogP contribution in [0.5, 0.6) is 0 Å². The van der Waals surface area contributed by atoms with Gasteiger partial charge in [0.1, 0.15) is 6.33 Å². The molecule has 0 unspecified atom stereocenters. The van der Waals surface area contributed by atoms with Crippen LogP contribution in [-0.4, -0.2) is 61.7 Å². The first kappa shape index (κ1) is 18.5. The number of carbonyl (C=O) groups excluding carboxylic acids is 1. The average Bonchev–Trinajstić information content (AvgIpc) is 3.29. The molecule has 10 nitrogen and oxygen atoms in total. The lowest BCUT2D eigenvalue weighted by atomic mass is 10.1. The summed E-state index contributed by atoms with van der Waals surface area (Å²) in [6.45, 7) is 2.53. The van der Waals surface area contributed by atoms with Crippen molar-refractivity contribution in [2.45, 2.75) is 6.42 Å². The fourth-order valence-corrected chi connectivity index (χ4v) is 3.23. The van der Waals surface area contributed by atoms with E-state index < -0.39 is 4.92 Å². The summed E-state index contributed by atoms with van der Waals surface area (Å²) in [5.74, 6) is 1.49. The van der Waals surface area contributed by atoms with E-state index in [1.807, 2.05) is 17.0 Å². The first-order valence-corrected chi connectivity index (χ1v) is 9.18. The fourth-order valence-electron chi connectivity index (χ4n) is 3.23. The van der Waals surface area contributed by atoms with Gasteiger partial charge in [-0.3, -0.25) is 19.5 Å². The van der Waals surface area contributed by atoms with E-state index in [9.17, 15) is 14.9 Å². The lowest BCUT2D eigenvalue weighted by Crippen LogP contribution is -2.49. The van der Waals surface area contributed by atoms with Gasteiger partial charge in [0, 0.05) is 50.7 Å². The maximum atomic E-state index is 12.5. The van der Waals surface area contributed by atoms with Crippen LogP contribution in [0, 0.1) is 10.1 Å². The molecule has 1 amide bonds. The van der Waals surface area contributed by atoms with Crippen molar-refractivity contribution in [3.05, 3.63) is 70.8 Å². The number of hydrogen-bond donors (Lipinski definition) is 0. The number of imidazole rings is 1. The van der Waals surface area contributed by atoms with E-state index in [4.69, 9.17) is 0 Å². The predicted molar refractivity (Wildman–Crippen MR) is 105 cm³/mol. The van der Waals surface area contributed by atoms with Gasteiger partial charge in [-0.15, -0.1) is 10.2 Å². The minimum absolute atomic E-state index is 0.0139. The van der Waals surface area contributed by atoms with Crippen LogP contribution in [0.25, 0.3) is 5.82 Å². The van der Waals surface area contributed by atoms with Crippen LogP contribution < -0.4 is 4.90 Å². The van der Waals surface area contributed by atoms with Gasteiger partial charge >= 0.3 is 0 Å². The molecule has 148 valence electrons. The van der Waals surface area contributed by atoms with Gasteiger partial charge < -0.3 is 9.80 Å². The van der Waals surface area contributed by atoms with E-state index in [1.54, 1.807) is 35.4 Å². The maximum Gasteiger partial charge on any atom is 0.269 e. The van der Waals surface area contributed by atoms with E-state index >= 15 is 0 Å². The molecule has 0 atom stereocenters. The predicted octanol–water partition coefficient (Wildman–Crippen LogP) is 1.46. The number of nitro groups is 1. The molecule has 10 heteroatoms. The second-order valence-electron chi connectivity index (χ2n) is 6.69. The highest BCUT2D eigenvalue weighted by molar-refractivity contribution is 5.79. The number of amides is 1. The van der Waals surface area contributed by atoms with Crippen LogP contribution in [-0.2, 0) is 11.2 Å². The second-order valence-corrected chi connectivity index (χ2v) is 6.69. The molecule has 0 bridgehead atoms. The Hall–Kier alpha value is -3.82. The zero-order chi connectivity index (χ0) is 20.2. The fraction of sp³-hybridized carbons (Fsp3) is 0.263. The lowest BCUT2D eigenvalue weighted by Gasteiger charge is -2.35. The molecular formula is C19H19N7O3. The Kier molecular flexibility index (Phi) is 5.14. The third-order valence-electron chi connectivity index (χ3n) is 4.86. The van der Waals surface area contributed by atoms with Crippen molar-refractivity contribution in [3.8, 4) is 5.82 Å². The molecule has 2 aromatic heterocycles. The van der Waals surface area contributed by atoms with Crippen molar-refractivity contribution < 1.29 is 9.72 Å². The Labute approximate surface area is 166 Å². The Morgan fingerprint density at radius 3 is 2.28 bits per heavy atom. The van der Waals surface area contributed by atoms with Crippen molar-refractivity contribution in [1.82, 2.24) is 24.6 Å². The van der Waals surface area contributed by atoms with Crippen molar-refractivity contribution in [2.24, 2.45) is 0 Å². The van der Waals surface area contributed by atoms with Crippen LogP contribution >= 0.6 is 0 Å². The summed E-state index contributed by atoms with van der Waals surface area (Å²) in [4.78, 5) is 30.7. The molecule has 1 saturated heterocycles. The van der Waals surface area contributed by atoms with Crippen molar-refractivity contribution in [3.63, 3.8) is 0 Å². The Balaban J connectivity index is 1.31. The second kappa shape index (κ2) is 8.05. The van der Waals surface area contributed by atoms with Crippen LogP contribution in [0.2, 0.25) is 0 Å². The molecule has 3 heterocycles. The van der Waals surface area contributed by atoms with E-state index in [-0.39, 0.29) is 18.0 Å². The summed E-state index contributed by atoms with van der Waals surface area (Å²) in [5.41, 5.74) is 0.791. The minimum atomic E-state index is -0.449. The highest BCUT2D eigenvalue weighted by Crippen LogP contribution is 2.16. The van der Waals surface area contributed by atoms with Crippen molar-refractivity contribution in [2.75, 3.05) is 31.1 Å². The van der Waals surface area contributed by atoms with Gasteiger partial charge in [-0.05, 0) is 17.7 Å². The van der Waals surface area contributed by atoms with Crippen molar-refractivity contribution >= 4 is 17.4 Å². The van der Waals surface area contributed by atoms with Gasteiger partial charge in [0.25, 0.3) is 5.69 Å². The number of non-ortho nitro benzene ring substituents is 1. The highest BCUT2D eigenvalue weighted by atomic mass is 16.6. The maximum absolute atomic E-state index is 12.5. The highest BCUT2D eigenvalue weighted by Gasteiger charge is 2.22. The smallest absolute Gasteiger partial charge is 0.269 e. The molecule has 0 spiro atoms. The van der Waals surface area contributed by atoms with E-state index in [0.717, 1.165) is 11.4 Å².